The average molecular weight is 467 g/mol. The molecule has 30 heavy (non-hydrogen) atoms. The van der Waals surface area contributed by atoms with E-state index in [0.717, 1.165) is 19.3 Å². The molecular formula is C24H42O3SSi2. The molecule has 1 saturated carbocycles. The van der Waals surface area contributed by atoms with Gasteiger partial charge in [-0.15, -0.1) is 6.58 Å². The van der Waals surface area contributed by atoms with Crippen molar-refractivity contribution in [2.45, 2.75) is 99.6 Å². The van der Waals surface area contributed by atoms with Crippen LogP contribution >= 0.6 is 0 Å². The maximum Gasteiger partial charge on any atom is 0.192 e. The average Bonchev–Trinajstić information content (AvgIpc) is 2.61. The van der Waals surface area contributed by atoms with Crippen LogP contribution in [0.25, 0.3) is 0 Å². The monoisotopic (exact) mass is 466 g/mol. The largest absolute Gasteiger partial charge is 0.414 e. The Morgan fingerprint density at radius 2 is 1.70 bits per heavy atom. The third kappa shape index (κ3) is 4.43. The van der Waals surface area contributed by atoms with Crippen LogP contribution in [0.2, 0.25) is 37.8 Å². The summed E-state index contributed by atoms with van der Waals surface area (Å²) in [5.41, 5.74) is 0. The van der Waals surface area contributed by atoms with Crippen molar-refractivity contribution in [2.75, 3.05) is 0 Å². The Morgan fingerprint density at radius 1 is 1.13 bits per heavy atom. The second kappa shape index (κ2) is 8.68. The molecule has 3 atom stereocenters. The second-order valence-electron chi connectivity index (χ2n) is 11.4. The third-order valence-corrected chi connectivity index (χ3v) is 20.2. The van der Waals surface area contributed by atoms with Gasteiger partial charge in [-0.2, -0.15) is 0 Å². The summed E-state index contributed by atoms with van der Waals surface area (Å²) in [4.78, 5) is 0.453. The molecule has 1 aliphatic rings. The van der Waals surface area contributed by atoms with E-state index in [0.29, 0.717) is 11.3 Å². The summed E-state index contributed by atoms with van der Waals surface area (Å²) in [5, 5.41) is 0.0866. The molecule has 6 heteroatoms. The summed E-state index contributed by atoms with van der Waals surface area (Å²) >= 11 is 0. The Labute approximate surface area is 187 Å². The highest BCUT2D eigenvalue weighted by atomic mass is 32.2. The lowest BCUT2D eigenvalue weighted by Gasteiger charge is -2.55. The van der Waals surface area contributed by atoms with Crippen molar-refractivity contribution in [3.05, 3.63) is 43.0 Å². The lowest BCUT2D eigenvalue weighted by molar-refractivity contribution is 0.0710. The lowest BCUT2D eigenvalue weighted by atomic mass is 9.83. The normalized spacial score (nSPS) is 26.4. The lowest BCUT2D eigenvalue weighted by Crippen LogP contribution is -2.67. The van der Waals surface area contributed by atoms with E-state index in [9.17, 15) is 8.42 Å². The van der Waals surface area contributed by atoms with Gasteiger partial charge in [-0.25, -0.2) is 8.42 Å². The van der Waals surface area contributed by atoms with Gasteiger partial charge < -0.3 is 4.43 Å². The van der Waals surface area contributed by atoms with E-state index in [2.05, 4.69) is 60.1 Å². The first-order chi connectivity index (χ1) is 13.6. The molecule has 3 nitrogen and oxygen atoms in total. The van der Waals surface area contributed by atoms with Crippen LogP contribution in [0.5, 0.6) is 0 Å². The van der Waals surface area contributed by atoms with E-state index < -0.39 is 30.6 Å². The maximum atomic E-state index is 14.3. The van der Waals surface area contributed by atoms with Gasteiger partial charge in [-0.1, -0.05) is 64.7 Å². The molecule has 1 aromatic rings. The Hall–Kier alpha value is -0.696. The molecule has 0 bridgehead atoms. The van der Waals surface area contributed by atoms with E-state index in [4.69, 9.17) is 4.43 Å². The van der Waals surface area contributed by atoms with Gasteiger partial charge in [0, 0.05) is 12.0 Å². The molecule has 0 aliphatic heterocycles. The predicted octanol–water partition coefficient (Wildman–Crippen LogP) is 6.84. The molecule has 0 aromatic heterocycles. The smallest absolute Gasteiger partial charge is 0.192 e. The Morgan fingerprint density at radius 3 is 2.17 bits per heavy atom. The molecular weight excluding hydrogens is 425 g/mol. The highest BCUT2D eigenvalue weighted by molar-refractivity contribution is 7.94. The minimum Gasteiger partial charge on any atom is -0.414 e. The van der Waals surface area contributed by atoms with Crippen LogP contribution in [-0.4, -0.2) is 35.3 Å². The fraction of sp³-hybridized carbons (Fsp3) is 0.667. The molecule has 1 fully saturated rings. The SMILES string of the molecule is C=CC[C@H]1[C@H](O[Si](C)(C)C(C)(C)C)CCCC1([Si](C)(C)C)S(=O)(=O)c1ccccc1. The van der Waals surface area contributed by atoms with Crippen molar-refractivity contribution in [3.8, 4) is 0 Å². The van der Waals surface area contributed by atoms with Crippen molar-refractivity contribution in [1.82, 2.24) is 0 Å². The summed E-state index contributed by atoms with van der Waals surface area (Å²) in [6.45, 7) is 22.0. The van der Waals surface area contributed by atoms with Crippen molar-refractivity contribution in [3.63, 3.8) is 0 Å². The molecule has 0 saturated heterocycles. The zero-order chi connectivity index (χ0) is 23.0. The van der Waals surface area contributed by atoms with E-state index in [1.807, 2.05) is 24.3 Å². The molecule has 0 heterocycles. The van der Waals surface area contributed by atoms with Crippen LogP contribution < -0.4 is 0 Å². The highest BCUT2D eigenvalue weighted by Crippen LogP contribution is 2.52. The molecule has 0 amide bonds. The summed E-state index contributed by atoms with van der Waals surface area (Å²) in [7, 11) is -7.75. The molecule has 2 rings (SSSR count). The predicted molar refractivity (Wildman–Crippen MR) is 134 cm³/mol. The van der Waals surface area contributed by atoms with Gasteiger partial charge in [0.1, 0.15) is 0 Å². The van der Waals surface area contributed by atoms with Crippen molar-refractivity contribution in [1.29, 1.82) is 0 Å². The van der Waals surface area contributed by atoms with Gasteiger partial charge in [-0.3, -0.25) is 0 Å². The fourth-order valence-corrected chi connectivity index (χ4v) is 14.3. The fourth-order valence-electron chi connectivity index (χ4n) is 4.95. The van der Waals surface area contributed by atoms with Crippen molar-refractivity contribution >= 4 is 26.2 Å². The highest BCUT2D eigenvalue weighted by Gasteiger charge is 2.62. The van der Waals surface area contributed by atoms with Gasteiger partial charge in [0.2, 0.25) is 0 Å². The molecule has 0 N–H and O–H groups in total. The minimum absolute atomic E-state index is 0.0390. The summed E-state index contributed by atoms with van der Waals surface area (Å²) < 4.78 is 34.8. The van der Waals surface area contributed by atoms with Crippen LogP contribution in [0.3, 0.4) is 0 Å². The maximum absolute atomic E-state index is 14.3. The van der Waals surface area contributed by atoms with Crippen LogP contribution in [0.1, 0.15) is 46.5 Å². The summed E-state index contributed by atoms with van der Waals surface area (Å²) in [5.74, 6) is -0.0604. The van der Waals surface area contributed by atoms with Gasteiger partial charge in [0.15, 0.2) is 18.2 Å². The zero-order valence-electron chi connectivity index (χ0n) is 20.3. The first-order valence-electron chi connectivity index (χ1n) is 11.2. The van der Waals surface area contributed by atoms with Crippen LogP contribution in [-0.2, 0) is 14.3 Å². The Kier molecular flexibility index (Phi) is 7.40. The van der Waals surface area contributed by atoms with Crippen LogP contribution in [0.15, 0.2) is 47.9 Å². The number of rotatable bonds is 7. The van der Waals surface area contributed by atoms with Crippen LogP contribution in [0.4, 0.5) is 0 Å². The minimum atomic E-state index is -3.53. The molecule has 0 spiro atoms. The number of sulfone groups is 1. The first-order valence-corrected chi connectivity index (χ1v) is 19.1. The van der Waals surface area contributed by atoms with E-state index >= 15 is 0 Å². The second-order valence-corrected chi connectivity index (χ2v) is 24.1. The van der Waals surface area contributed by atoms with Gasteiger partial charge in [0.05, 0.1) is 17.3 Å². The van der Waals surface area contributed by atoms with Gasteiger partial charge in [0.25, 0.3) is 0 Å². The summed E-state index contributed by atoms with van der Waals surface area (Å²) in [6.07, 6.45) is 5.09. The molecule has 1 aromatic carbocycles. The van der Waals surface area contributed by atoms with E-state index in [-0.39, 0.29) is 17.1 Å². The Bertz CT molecular complexity index is 835. The molecule has 1 aliphatic carbocycles. The topological polar surface area (TPSA) is 43.4 Å². The molecule has 0 radical (unpaired) electrons. The third-order valence-electron chi connectivity index (χ3n) is 7.56. The standard InChI is InChI=1S/C24H42O3SSi2/c1-10-15-21-22(27-30(8,9)23(2,3)4)18-14-19-24(21,29(5,6)7)28(25,26)20-16-12-11-13-17-20/h10-13,16-17,21-22H,1,14-15,18-19H2,2-9H3/t21-,22+,24?/m0/s1. The zero-order valence-corrected chi connectivity index (χ0v) is 23.1. The van der Waals surface area contributed by atoms with Crippen molar-refractivity contribution in [2.24, 2.45) is 5.92 Å². The van der Waals surface area contributed by atoms with E-state index in [1.54, 1.807) is 12.1 Å². The van der Waals surface area contributed by atoms with Gasteiger partial charge in [-0.05, 0) is 55.9 Å². The number of hydrogen-bond acceptors (Lipinski definition) is 3. The Balaban J connectivity index is 2.68. The number of benzene rings is 1. The van der Waals surface area contributed by atoms with E-state index in [1.165, 1.54) is 0 Å². The van der Waals surface area contributed by atoms with Crippen LogP contribution in [0, 0.1) is 5.92 Å². The van der Waals surface area contributed by atoms with Crippen molar-refractivity contribution < 1.29 is 12.8 Å². The number of allylic oxidation sites excluding steroid dienone is 1. The molecule has 1 unspecified atom stereocenters. The first kappa shape index (κ1) is 25.6. The molecule has 170 valence electrons. The number of hydrogen-bond donors (Lipinski definition) is 0. The summed E-state index contributed by atoms with van der Waals surface area (Å²) in [6, 6.07) is 9.08. The quantitative estimate of drug-likeness (QED) is 0.326. The van der Waals surface area contributed by atoms with Gasteiger partial charge >= 0.3 is 0 Å².